The maximum absolute atomic E-state index is 5.63. The summed E-state index contributed by atoms with van der Waals surface area (Å²) < 4.78 is 7.54. The number of halogens is 1. The zero-order chi connectivity index (χ0) is 18.7. The highest BCUT2D eigenvalue weighted by Crippen LogP contribution is 2.19. The van der Waals surface area contributed by atoms with Crippen LogP contribution in [0.25, 0.3) is 11.4 Å². The molecule has 0 saturated heterocycles. The summed E-state index contributed by atoms with van der Waals surface area (Å²) in [5.74, 6) is 1.84. The van der Waals surface area contributed by atoms with E-state index in [1.165, 1.54) is 11.3 Å². The number of rotatable bonds is 7. The van der Waals surface area contributed by atoms with Gasteiger partial charge in [-0.1, -0.05) is 43.3 Å². The molecule has 0 aliphatic heterocycles. The topological polar surface area (TPSA) is 82.8 Å². The van der Waals surface area contributed by atoms with Gasteiger partial charge < -0.3 is 10.3 Å². The molecule has 2 N–H and O–H groups in total. The van der Waals surface area contributed by atoms with Gasteiger partial charge in [0, 0.05) is 30.8 Å². The predicted molar refractivity (Wildman–Crippen MR) is 109 cm³/mol. The van der Waals surface area contributed by atoms with Crippen molar-refractivity contribution in [2.45, 2.75) is 53.6 Å². The molecule has 0 atom stereocenters. The van der Waals surface area contributed by atoms with Crippen LogP contribution in [-0.4, -0.2) is 19.9 Å². The smallest absolute Gasteiger partial charge is 0.227 e. The van der Waals surface area contributed by atoms with E-state index < -0.39 is 0 Å². The molecule has 0 saturated carbocycles. The molecule has 0 fully saturated rings. The minimum absolute atomic E-state index is 0. The van der Waals surface area contributed by atoms with E-state index in [0.717, 1.165) is 29.8 Å². The van der Waals surface area contributed by atoms with Crippen molar-refractivity contribution >= 4 is 12.4 Å². The first-order chi connectivity index (χ1) is 12.5. The summed E-state index contributed by atoms with van der Waals surface area (Å²) in [6.07, 6.45) is 1.56. The Morgan fingerprint density at radius 3 is 2.44 bits per heavy atom. The summed E-state index contributed by atoms with van der Waals surface area (Å²) in [5.41, 5.74) is 11.2. The van der Waals surface area contributed by atoms with E-state index in [0.29, 0.717) is 30.6 Å². The average molecular weight is 390 g/mol. The Morgan fingerprint density at radius 2 is 1.81 bits per heavy atom. The number of nitrogens with two attached hydrogens (primary N) is 1. The molecule has 1 aromatic carbocycles. The summed E-state index contributed by atoms with van der Waals surface area (Å²) >= 11 is 0. The zero-order valence-electron chi connectivity index (χ0n) is 16.4. The first kappa shape index (κ1) is 21.1. The molecule has 0 bridgehead atoms. The number of hydrogen-bond acceptors (Lipinski definition) is 5. The highest BCUT2D eigenvalue weighted by atomic mass is 35.5. The fraction of sp³-hybridized carbons (Fsp3) is 0.450. The third kappa shape index (κ3) is 4.96. The lowest BCUT2D eigenvalue weighted by Crippen LogP contribution is -2.08. The molecule has 7 heteroatoms. The second kappa shape index (κ2) is 9.15. The molecule has 27 heavy (non-hydrogen) atoms. The maximum Gasteiger partial charge on any atom is 0.227 e. The Hall–Kier alpha value is -2.18. The molecule has 2 heterocycles. The lowest BCUT2D eigenvalue weighted by atomic mass is 10.1. The normalized spacial score (nSPS) is 11.0. The van der Waals surface area contributed by atoms with Crippen molar-refractivity contribution < 1.29 is 4.52 Å². The van der Waals surface area contributed by atoms with Crippen molar-refractivity contribution in [3.63, 3.8) is 0 Å². The highest BCUT2D eigenvalue weighted by Gasteiger charge is 2.15. The molecule has 3 rings (SSSR count). The van der Waals surface area contributed by atoms with E-state index in [4.69, 9.17) is 10.3 Å². The van der Waals surface area contributed by atoms with Crippen LogP contribution in [0.4, 0.5) is 0 Å². The molecule has 6 nitrogen and oxygen atoms in total. The molecule has 0 spiro atoms. The Balaban J connectivity index is 0.00000261. The molecule has 2 aromatic heterocycles. The minimum Gasteiger partial charge on any atom is -0.339 e. The first-order valence-corrected chi connectivity index (χ1v) is 9.12. The Labute approximate surface area is 166 Å². The van der Waals surface area contributed by atoms with Gasteiger partial charge in [0.2, 0.25) is 11.7 Å². The SMILES string of the molecule is Cc1nn(CC(C)C)c(C)c1CCc1nc(-c2ccc(CN)cc2)no1.Cl. The van der Waals surface area contributed by atoms with Crippen molar-refractivity contribution in [3.8, 4) is 11.4 Å². The molecule has 0 radical (unpaired) electrons. The van der Waals surface area contributed by atoms with Crippen molar-refractivity contribution in [3.05, 3.63) is 52.7 Å². The molecule has 0 aliphatic carbocycles. The Morgan fingerprint density at radius 1 is 1.11 bits per heavy atom. The van der Waals surface area contributed by atoms with Gasteiger partial charge in [0.25, 0.3) is 0 Å². The average Bonchev–Trinajstić information content (AvgIpc) is 3.19. The van der Waals surface area contributed by atoms with Crippen molar-refractivity contribution in [2.75, 3.05) is 0 Å². The van der Waals surface area contributed by atoms with Gasteiger partial charge in [0.1, 0.15) is 0 Å². The van der Waals surface area contributed by atoms with Crippen LogP contribution in [0.1, 0.15) is 42.3 Å². The van der Waals surface area contributed by atoms with E-state index in [-0.39, 0.29) is 12.4 Å². The minimum atomic E-state index is 0. The molecular formula is C20H28ClN5O. The van der Waals surface area contributed by atoms with Crippen LogP contribution in [-0.2, 0) is 25.9 Å². The van der Waals surface area contributed by atoms with E-state index in [1.54, 1.807) is 0 Å². The van der Waals surface area contributed by atoms with Gasteiger partial charge in [0.05, 0.1) is 5.69 Å². The first-order valence-electron chi connectivity index (χ1n) is 9.12. The third-order valence-electron chi connectivity index (χ3n) is 4.57. The summed E-state index contributed by atoms with van der Waals surface area (Å²) in [6, 6.07) is 7.92. The van der Waals surface area contributed by atoms with Crippen molar-refractivity contribution in [1.29, 1.82) is 0 Å². The monoisotopic (exact) mass is 389 g/mol. The molecule has 0 amide bonds. The van der Waals surface area contributed by atoms with Crippen LogP contribution in [0.5, 0.6) is 0 Å². The maximum atomic E-state index is 5.63. The van der Waals surface area contributed by atoms with E-state index in [9.17, 15) is 0 Å². The van der Waals surface area contributed by atoms with Crippen LogP contribution in [0.3, 0.4) is 0 Å². The van der Waals surface area contributed by atoms with Crippen molar-refractivity contribution in [2.24, 2.45) is 11.7 Å². The highest BCUT2D eigenvalue weighted by molar-refractivity contribution is 5.85. The fourth-order valence-electron chi connectivity index (χ4n) is 3.11. The van der Waals surface area contributed by atoms with Gasteiger partial charge in [-0.2, -0.15) is 10.1 Å². The quantitative estimate of drug-likeness (QED) is 0.663. The molecule has 0 aliphatic rings. The summed E-state index contributed by atoms with van der Waals surface area (Å²) in [5, 5.41) is 8.78. The van der Waals surface area contributed by atoms with E-state index >= 15 is 0 Å². The Bertz CT molecular complexity index is 867. The standard InChI is InChI=1S/C20H27N5O.ClH/c1-13(2)12-25-15(4)18(14(3)23-25)9-10-19-22-20(24-26-19)17-7-5-16(11-21)6-8-17;/h5-8,13H,9-12,21H2,1-4H3;1H. The summed E-state index contributed by atoms with van der Waals surface area (Å²) in [6.45, 7) is 10.1. The van der Waals surface area contributed by atoms with Gasteiger partial charge in [-0.3, -0.25) is 4.68 Å². The fourth-order valence-corrected chi connectivity index (χ4v) is 3.11. The number of aromatic nitrogens is 4. The molecule has 3 aromatic rings. The number of aryl methyl sites for hydroxylation is 2. The number of nitrogens with zero attached hydrogens (tertiary/aromatic N) is 4. The van der Waals surface area contributed by atoms with Gasteiger partial charge >= 0.3 is 0 Å². The van der Waals surface area contributed by atoms with Crippen LogP contribution in [0, 0.1) is 19.8 Å². The second-order valence-electron chi connectivity index (χ2n) is 7.14. The molecular weight excluding hydrogens is 362 g/mol. The summed E-state index contributed by atoms with van der Waals surface area (Å²) in [7, 11) is 0. The van der Waals surface area contributed by atoms with Gasteiger partial charge in [-0.05, 0) is 37.3 Å². The lowest BCUT2D eigenvalue weighted by molar-refractivity contribution is 0.378. The number of benzene rings is 1. The third-order valence-corrected chi connectivity index (χ3v) is 4.57. The number of hydrogen-bond donors (Lipinski definition) is 1. The largest absolute Gasteiger partial charge is 0.339 e. The molecule has 146 valence electrons. The van der Waals surface area contributed by atoms with Crippen molar-refractivity contribution in [1.82, 2.24) is 19.9 Å². The van der Waals surface area contributed by atoms with Crippen LogP contribution in [0.2, 0.25) is 0 Å². The van der Waals surface area contributed by atoms with Crippen LogP contribution >= 0.6 is 12.4 Å². The zero-order valence-corrected chi connectivity index (χ0v) is 17.2. The van der Waals surface area contributed by atoms with Gasteiger partial charge in [-0.25, -0.2) is 0 Å². The Kier molecular flexibility index (Phi) is 7.16. The van der Waals surface area contributed by atoms with Crippen LogP contribution < -0.4 is 5.73 Å². The summed E-state index contributed by atoms with van der Waals surface area (Å²) in [4.78, 5) is 4.53. The van der Waals surface area contributed by atoms with E-state index in [1.807, 2.05) is 24.3 Å². The van der Waals surface area contributed by atoms with Crippen LogP contribution in [0.15, 0.2) is 28.8 Å². The van der Waals surface area contributed by atoms with Gasteiger partial charge in [0.15, 0.2) is 0 Å². The predicted octanol–water partition coefficient (Wildman–Crippen LogP) is 3.87. The lowest BCUT2D eigenvalue weighted by Gasteiger charge is -2.07. The van der Waals surface area contributed by atoms with Gasteiger partial charge in [-0.15, -0.1) is 12.4 Å². The second-order valence-corrected chi connectivity index (χ2v) is 7.14. The molecule has 0 unspecified atom stereocenters. The van der Waals surface area contributed by atoms with E-state index in [2.05, 4.69) is 47.6 Å².